The fraction of sp³-hybridized carbons (Fsp3) is 0.111. The van der Waals surface area contributed by atoms with Gasteiger partial charge in [-0.1, -0.05) is 0 Å². The van der Waals surface area contributed by atoms with Crippen LogP contribution in [0.25, 0.3) is 0 Å². The van der Waals surface area contributed by atoms with E-state index in [1.807, 2.05) is 0 Å². The van der Waals surface area contributed by atoms with E-state index >= 15 is 0 Å². The van der Waals surface area contributed by atoms with Gasteiger partial charge in [0, 0.05) is 12.1 Å². The zero-order valence-corrected chi connectivity index (χ0v) is 6.81. The van der Waals surface area contributed by atoms with Crippen LogP contribution in [0.1, 0.15) is 10.4 Å². The summed E-state index contributed by atoms with van der Waals surface area (Å²) in [6.45, 7) is 3.60. The molecule has 0 unspecified atom stereocenters. The summed E-state index contributed by atoms with van der Waals surface area (Å²) in [6.07, 6.45) is 0. The van der Waals surface area contributed by atoms with Crippen molar-refractivity contribution in [2.45, 2.75) is 0 Å². The van der Waals surface area contributed by atoms with Crippen molar-refractivity contribution in [3.8, 4) is 0 Å². The summed E-state index contributed by atoms with van der Waals surface area (Å²) in [6, 6.07) is 2.97. The van der Waals surface area contributed by atoms with Gasteiger partial charge in [-0.25, -0.2) is 8.78 Å². The van der Waals surface area contributed by atoms with Crippen LogP contribution in [0, 0.1) is 18.6 Å². The summed E-state index contributed by atoms with van der Waals surface area (Å²) in [5, 5.41) is 2.37. The molecule has 1 amide bonds. The zero-order valence-electron chi connectivity index (χ0n) is 6.81. The Labute approximate surface area is 74.6 Å². The van der Waals surface area contributed by atoms with Crippen LogP contribution in [0.4, 0.5) is 8.78 Å². The smallest absolute Gasteiger partial charge is 0.251 e. The fourth-order valence-electron chi connectivity index (χ4n) is 0.853. The van der Waals surface area contributed by atoms with Gasteiger partial charge in [-0.15, -0.1) is 0 Å². The second-order valence-electron chi connectivity index (χ2n) is 2.38. The third-order valence-corrected chi connectivity index (χ3v) is 1.47. The van der Waals surface area contributed by atoms with E-state index in [1.54, 1.807) is 0 Å². The summed E-state index contributed by atoms with van der Waals surface area (Å²) in [5.74, 6) is -2.46. The molecule has 1 aromatic carbocycles. The monoisotopic (exact) mass is 184 g/mol. The Hall–Kier alpha value is -1.45. The largest absolute Gasteiger partial charge is 0.352 e. The van der Waals surface area contributed by atoms with Crippen molar-refractivity contribution >= 4 is 5.91 Å². The second kappa shape index (κ2) is 3.98. The SMILES string of the molecule is [CH2]CNC(=O)c1ccc(F)c(F)c1. The Kier molecular flexibility index (Phi) is 2.95. The number of halogens is 2. The summed E-state index contributed by atoms with van der Waals surface area (Å²) in [4.78, 5) is 11.1. The lowest BCUT2D eigenvalue weighted by Gasteiger charge is -2.01. The normalized spacial score (nSPS) is 9.77. The topological polar surface area (TPSA) is 29.1 Å². The van der Waals surface area contributed by atoms with Crippen molar-refractivity contribution < 1.29 is 13.6 Å². The van der Waals surface area contributed by atoms with Gasteiger partial charge in [0.25, 0.3) is 5.91 Å². The molecule has 13 heavy (non-hydrogen) atoms. The van der Waals surface area contributed by atoms with Crippen molar-refractivity contribution in [1.29, 1.82) is 0 Å². The van der Waals surface area contributed by atoms with Gasteiger partial charge >= 0.3 is 0 Å². The van der Waals surface area contributed by atoms with Gasteiger partial charge < -0.3 is 5.32 Å². The summed E-state index contributed by atoms with van der Waals surface area (Å²) in [5.41, 5.74) is 0.0857. The third-order valence-electron chi connectivity index (χ3n) is 1.47. The van der Waals surface area contributed by atoms with Crippen molar-refractivity contribution in [3.63, 3.8) is 0 Å². The van der Waals surface area contributed by atoms with Crippen LogP contribution in [0.15, 0.2) is 18.2 Å². The number of carbonyl (C=O) groups is 1. The van der Waals surface area contributed by atoms with Crippen LogP contribution >= 0.6 is 0 Å². The van der Waals surface area contributed by atoms with Crippen LogP contribution in [-0.2, 0) is 0 Å². The van der Waals surface area contributed by atoms with Gasteiger partial charge in [0.1, 0.15) is 0 Å². The van der Waals surface area contributed by atoms with E-state index in [2.05, 4.69) is 12.2 Å². The van der Waals surface area contributed by atoms with Crippen LogP contribution in [-0.4, -0.2) is 12.5 Å². The van der Waals surface area contributed by atoms with Crippen LogP contribution in [0.5, 0.6) is 0 Å². The first-order valence-electron chi connectivity index (χ1n) is 3.67. The van der Waals surface area contributed by atoms with Gasteiger partial charge in [-0.05, 0) is 25.1 Å². The molecule has 0 atom stereocenters. The molecule has 0 bridgehead atoms. The maximum absolute atomic E-state index is 12.6. The molecule has 0 saturated heterocycles. The van der Waals surface area contributed by atoms with Gasteiger partial charge in [-0.2, -0.15) is 0 Å². The van der Waals surface area contributed by atoms with E-state index in [0.717, 1.165) is 12.1 Å². The zero-order chi connectivity index (χ0) is 9.84. The highest BCUT2D eigenvalue weighted by Crippen LogP contribution is 2.08. The minimum atomic E-state index is -1.03. The van der Waals surface area contributed by atoms with Crippen molar-refractivity contribution in [3.05, 3.63) is 42.3 Å². The summed E-state index contributed by atoms with van der Waals surface area (Å²) in [7, 11) is 0. The highest BCUT2D eigenvalue weighted by molar-refractivity contribution is 5.94. The molecule has 0 heterocycles. The van der Waals surface area contributed by atoms with Crippen molar-refractivity contribution in [1.82, 2.24) is 5.32 Å². The highest BCUT2D eigenvalue weighted by Gasteiger charge is 2.07. The van der Waals surface area contributed by atoms with Crippen LogP contribution < -0.4 is 5.32 Å². The third kappa shape index (κ3) is 2.24. The quantitative estimate of drug-likeness (QED) is 0.741. The molecule has 0 aliphatic rings. The van der Waals surface area contributed by atoms with E-state index in [0.29, 0.717) is 0 Å². The molecule has 1 rings (SSSR count). The van der Waals surface area contributed by atoms with Gasteiger partial charge in [-0.3, -0.25) is 4.79 Å². The number of hydrogen-bond donors (Lipinski definition) is 1. The first kappa shape index (κ1) is 9.64. The number of rotatable bonds is 2. The molecule has 0 fully saturated rings. The van der Waals surface area contributed by atoms with Gasteiger partial charge in [0.15, 0.2) is 11.6 Å². The van der Waals surface area contributed by atoms with Gasteiger partial charge in [0.05, 0.1) is 0 Å². The summed E-state index contributed by atoms with van der Waals surface area (Å²) >= 11 is 0. The van der Waals surface area contributed by atoms with Gasteiger partial charge in [0.2, 0.25) is 0 Å². The lowest BCUT2D eigenvalue weighted by atomic mass is 10.2. The second-order valence-corrected chi connectivity index (χ2v) is 2.38. The minimum Gasteiger partial charge on any atom is -0.352 e. The number of amides is 1. The van der Waals surface area contributed by atoms with E-state index in [1.165, 1.54) is 6.07 Å². The Morgan fingerprint density at radius 2 is 2.08 bits per heavy atom. The van der Waals surface area contributed by atoms with Crippen LogP contribution in [0.3, 0.4) is 0 Å². The molecule has 1 aromatic rings. The molecule has 1 N–H and O–H groups in total. The average molecular weight is 184 g/mol. The van der Waals surface area contributed by atoms with Crippen LogP contribution in [0.2, 0.25) is 0 Å². The number of carbonyl (C=O) groups excluding carboxylic acids is 1. The lowest BCUT2D eigenvalue weighted by molar-refractivity contribution is 0.0957. The standard InChI is InChI=1S/C9H8F2NO/c1-2-12-9(13)6-3-4-7(10)8(11)5-6/h3-5H,1-2H2,(H,12,13). The van der Waals surface area contributed by atoms with Crippen molar-refractivity contribution in [2.24, 2.45) is 0 Å². The predicted molar refractivity (Wildman–Crippen MR) is 44.0 cm³/mol. The molecule has 0 aromatic heterocycles. The maximum Gasteiger partial charge on any atom is 0.251 e. The Balaban J connectivity index is 2.90. The molecule has 0 aliphatic carbocycles. The Bertz CT molecular complexity index is 325. The highest BCUT2D eigenvalue weighted by atomic mass is 19.2. The van der Waals surface area contributed by atoms with E-state index in [9.17, 15) is 13.6 Å². The molecule has 0 spiro atoms. The molecule has 1 radical (unpaired) electrons. The molecule has 69 valence electrons. The van der Waals surface area contributed by atoms with E-state index < -0.39 is 17.5 Å². The number of hydrogen-bond acceptors (Lipinski definition) is 1. The minimum absolute atomic E-state index is 0.0857. The van der Waals surface area contributed by atoms with E-state index in [-0.39, 0.29) is 12.1 Å². The first-order chi connectivity index (χ1) is 6.15. The summed E-state index contributed by atoms with van der Waals surface area (Å²) < 4.78 is 25.0. The van der Waals surface area contributed by atoms with E-state index in [4.69, 9.17) is 0 Å². The van der Waals surface area contributed by atoms with Crippen molar-refractivity contribution in [2.75, 3.05) is 6.54 Å². The molecule has 2 nitrogen and oxygen atoms in total. The first-order valence-corrected chi connectivity index (χ1v) is 3.67. The predicted octanol–water partition coefficient (Wildman–Crippen LogP) is 1.53. The maximum atomic E-state index is 12.6. The fourth-order valence-corrected chi connectivity index (χ4v) is 0.853. The average Bonchev–Trinajstić information content (AvgIpc) is 2.10. The molecule has 0 aliphatic heterocycles. The number of nitrogens with one attached hydrogen (secondary N) is 1. The molecule has 4 heteroatoms. The Morgan fingerprint density at radius 1 is 1.38 bits per heavy atom. The number of benzene rings is 1. The lowest BCUT2D eigenvalue weighted by Crippen LogP contribution is -2.22. The molecular formula is C9H8F2NO. The Morgan fingerprint density at radius 3 is 2.62 bits per heavy atom. The molecule has 0 saturated carbocycles. The molecular weight excluding hydrogens is 176 g/mol.